The van der Waals surface area contributed by atoms with Crippen molar-refractivity contribution in [3.63, 3.8) is 0 Å². The van der Waals surface area contributed by atoms with E-state index in [1.54, 1.807) is 7.11 Å². The lowest BCUT2D eigenvalue weighted by Crippen LogP contribution is -2.22. The molecule has 4 heteroatoms. The van der Waals surface area contributed by atoms with E-state index in [1.807, 2.05) is 30.3 Å². The van der Waals surface area contributed by atoms with Crippen LogP contribution < -0.4 is 13.8 Å². The van der Waals surface area contributed by atoms with E-state index >= 15 is 0 Å². The second kappa shape index (κ2) is 7.14. The fraction of sp³-hybridized carbons (Fsp3) is 0.250. The van der Waals surface area contributed by atoms with Crippen molar-refractivity contribution in [2.24, 2.45) is 0 Å². The number of rotatable bonds is 5. The molecule has 3 aromatic carbocycles. The molecule has 0 saturated heterocycles. The SMILES string of the molecule is COc1cccc2c1[C@@]1(CC2)CCc2cccc(OPOc3ccccc3)c21. The average molecular weight is 390 g/mol. The maximum Gasteiger partial charge on any atom is 0.275 e. The number of aryl methyl sites for hydroxylation is 2. The fourth-order valence-electron chi connectivity index (χ4n) is 4.96. The van der Waals surface area contributed by atoms with E-state index in [-0.39, 0.29) is 14.4 Å². The molecule has 2 atom stereocenters. The van der Waals surface area contributed by atoms with Gasteiger partial charge in [0.25, 0.3) is 9.03 Å². The van der Waals surface area contributed by atoms with Crippen molar-refractivity contribution < 1.29 is 13.8 Å². The van der Waals surface area contributed by atoms with Gasteiger partial charge in [-0.1, -0.05) is 42.5 Å². The number of hydrogen-bond donors (Lipinski definition) is 0. The van der Waals surface area contributed by atoms with Crippen molar-refractivity contribution in [1.82, 2.24) is 0 Å². The molecule has 0 aliphatic heterocycles. The Labute approximate surface area is 167 Å². The van der Waals surface area contributed by atoms with Gasteiger partial charge in [0.1, 0.15) is 17.2 Å². The van der Waals surface area contributed by atoms with Crippen LogP contribution in [-0.2, 0) is 18.3 Å². The van der Waals surface area contributed by atoms with Crippen LogP contribution in [0.3, 0.4) is 0 Å². The van der Waals surface area contributed by atoms with Crippen LogP contribution in [0.25, 0.3) is 0 Å². The first kappa shape index (κ1) is 17.6. The van der Waals surface area contributed by atoms with Gasteiger partial charge >= 0.3 is 0 Å². The van der Waals surface area contributed by atoms with Crippen LogP contribution in [0.1, 0.15) is 35.1 Å². The summed E-state index contributed by atoms with van der Waals surface area (Å²) in [7, 11) is 1.70. The lowest BCUT2D eigenvalue weighted by atomic mass is 9.76. The number of para-hydroxylation sites is 1. The highest BCUT2D eigenvalue weighted by Crippen LogP contribution is 2.57. The maximum atomic E-state index is 6.19. The monoisotopic (exact) mass is 390 g/mol. The van der Waals surface area contributed by atoms with Gasteiger partial charge < -0.3 is 13.8 Å². The van der Waals surface area contributed by atoms with Crippen molar-refractivity contribution in [3.05, 3.63) is 89.0 Å². The van der Waals surface area contributed by atoms with Crippen LogP contribution >= 0.6 is 9.03 Å². The van der Waals surface area contributed by atoms with Crippen LogP contribution in [0.5, 0.6) is 17.2 Å². The van der Waals surface area contributed by atoms with Gasteiger partial charge in [0.2, 0.25) is 0 Å². The molecule has 0 fully saturated rings. The Morgan fingerprint density at radius 1 is 0.714 bits per heavy atom. The lowest BCUT2D eigenvalue weighted by molar-refractivity contribution is 0.392. The smallest absolute Gasteiger partial charge is 0.275 e. The summed E-state index contributed by atoms with van der Waals surface area (Å²) in [4.78, 5) is 0. The van der Waals surface area contributed by atoms with Crippen molar-refractivity contribution in [2.45, 2.75) is 31.1 Å². The first-order valence-corrected chi connectivity index (χ1v) is 10.6. The Morgan fingerprint density at radius 2 is 1.36 bits per heavy atom. The summed E-state index contributed by atoms with van der Waals surface area (Å²) in [5.74, 6) is 2.78. The van der Waals surface area contributed by atoms with Gasteiger partial charge in [-0.15, -0.1) is 0 Å². The summed E-state index contributed by atoms with van der Waals surface area (Å²) in [6.07, 6.45) is 4.38. The van der Waals surface area contributed by atoms with Gasteiger partial charge in [-0.2, -0.15) is 0 Å². The van der Waals surface area contributed by atoms with Crippen LogP contribution in [0.15, 0.2) is 66.7 Å². The van der Waals surface area contributed by atoms with Gasteiger partial charge in [0, 0.05) is 16.5 Å². The highest BCUT2D eigenvalue weighted by molar-refractivity contribution is 7.27. The van der Waals surface area contributed by atoms with E-state index in [4.69, 9.17) is 13.8 Å². The van der Waals surface area contributed by atoms with Crippen molar-refractivity contribution in [3.8, 4) is 17.2 Å². The first-order valence-electron chi connectivity index (χ1n) is 9.74. The van der Waals surface area contributed by atoms with Crippen molar-refractivity contribution in [1.29, 1.82) is 0 Å². The highest BCUT2D eigenvalue weighted by atomic mass is 31.1. The van der Waals surface area contributed by atoms with Crippen LogP contribution in [0.4, 0.5) is 0 Å². The standard InChI is InChI=1S/C24H23O3P/c1-25-20-11-5-7-17-13-15-24(22(17)20)16-14-18-8-6-12-21(23(18)24)27-28-26-19-9-3-2-4-10-19/h2-12,28H,13-16H2,1H3/t24-/m1/s1. The van der Waals surface area contributed by atoms with Gasteiger partial charge in [-0.25, -0.2) is 0 Å². The molecule has 0 N–H and O–H groups in total. The second-order valence-corrected chi connectivity index (χ2v) is 8.04. The summed E-state index contributed by atoms with van der Waals surface area (Å²) in [6.45, 7) is 0. The zero-order valence-corrected chi connectivity index (χ0v) is 16.9. The van der Waals surface area contributed by atoms with Crippen LogP contribution in [0, 0.1) is 0 Å². The quantitative estimate of drug-likeness (QED) is 0.512. The highest BCUT2D eigenvalue weighted by Gasteiger charge is 2.48. The molecule has 3 aromatic rings. The molecular weight excluding hydrogens is 367 g/mol. The van der Waals surface area contributed by atoms with E-state index in [9.17, 15) is 0 Å². The fourth-order valence-corrected chi connectivity index (χ4v) is 5.49. The molecule has 0 aromatic heterocycles. The topological polar surface area (TPSA) is 27.7 Å². The number of benzene rings is 3. The molecule has 2 aliphatic carbocycles. The normalized spacial score (nSPS) is 19.8. The third-order valence-corrected chi connectivity index (χ3v) is 6.72. The Kier molecular flexibility index (Phi) is 4.49. The van der Waals surface area contributed by atoms with Crippen molar-refractivity contribution in [2.75, 3.05) is 7.11 Å². The third-order valence-electron chi connectivity index (χ3n) is 6.10. The summed E-state index contributed by atoms with van der Waals surface area (Å²) in [5, 5.41) is 0. The zero-order valence-electron chi connectivity index (χ0n) is 15.9. The molecular formula is C24H23O3P. The Bertz CT molecular complexity index is 998. The van der Waals surface area contributed by atoms with Gasteiger partial charge in [-0.3, -0.25) is 0 Å². The second-order valence-electron chi connectivity index (χ2n) is 7.47. The molecule has 5 rings (SSSR count). The van der Waals surface area contributed by atoms with E-state index < -0.39 is 0 Å². The molecule has 28 heavy (non-hydrogen) atoms. The Hall–Kier alpha value is -2.51. The number of methoxy groups -OCH3 is 1. The summed E-state index contributed by atoms with van der Waals surface area (Å²) in [5.41, 5.74) is 5.48. The van der Waals surface area contributed by atoms with Crippen LogP contribution in [-0.4, -0.2) is 7.11 Å². The van der Waals surface area contributed by atoms with Gasteiger partial charge in [-0.05, 0) is 61.1 Å². The third kappa shape index (κ3) is 2.77. The summed E-state index contributed by atoms with van der Waals surface area (Å²) in [6, 6.07) is 22.7. The predicted molar refractivity (Wildman–Crippen MR) is 113 cm³/mol. The molecule has 0 heterocycles. The average Bonchev–Trinajstić information content (AvgIpc) is 3.32. The van der Waals surface area contributed by atoms with E-state index in [0.717, 1.165) is 42.9 Å². The zero-order chi connectivity index (χ0) is 19.0. The maximum absolute atomic E-state index is 6.19. The lowest BCUT2D eigenvalue weighted by Gasteiger charge is -2.29. The number of ether oxygens (including phenoxy) is 1. The molecule has 2 aliphatic rings. The summed E-state index contributed by atoms with van der Waals surface area (Å²) >= 11 is 0. The predicted octanol–water partition coefficient (Wildman–Crippen LogP) is 5.84. The Balaban J connectivity index is 1.50. The molecule has 1 unspecified atom stereocenters. The summed E-state index contributed by atoms with van der Waals surface area (Å²) < 4.78 is 17.8. The van der Waals surface area contributed by atoms with Crippen LogP contribution in [0.2, 0.25) is 0 Å². The minimum atomic E-state index is -0.0709. The molecule has 0 saturated carbocycles. The molecule has 0 amide bonds. The molecule has 3 nitrogen and oxygen atoms in total. The minimum absolute atomic E-state index is 0.00884. The minimum Gasteiger partial charge on any atom is -0.496 e. The largest absolute Gasteiger partial charge is 0.496 e. The van der Waals surface area contributed by atoms with Gasteiger partial charge in [0.05, 0.1) is 7.11 Å². The molecule has 142 valence electrons. The molecule has 1 spiro atoms. The van der Waals surface area contributed by atoms with E-state index in [1.165, 1.54) is 22.3 Å². The Morgan fingerprint density at radius 3 is 2.04 bits per heavy atom. The first-order chi connectivity index (χ1) is 13.8. The molecule has 0 radical (unpaired) electrons. The van der Waals surface area contributed by atoms with E-state index in [0.29, 0.717) is 0 Å². The van der Waals surface area contributed by atoms with Gasteiger partial charge in [0.15, 0.2) is 0 Å². The number of fused-ring (bicyclic) bond motifs is 4. The number of hydrogen-bond acceptors (Lipinski definition) is 3. The van der Waals surface area contributed by atoms with E-state index in [2.05, 4.69) is 36.4 Å². The van der Waals surface area contributed by atoms with Crippen molar-refractivity contribution >= 4 is 9.03 Å². The molecule has 0 bridgehead atoms.